The summed E-state index contributed by atoms with van der Waals surface area (Å²) in [5.41, 5.74) is 3.88. The molecule has 0 bridgehead atoms. The van der Waals surface area contributed by atoms with E-state index in [0.29, 0.717) is 22.8 Å². The first-order valence-electron chi connectivity index (χ1n) is 12.6. The Kier molecular flexibility index (Phi) is 7.52. The lowest BCUT2D eigenvalue weighted by molar-refractivity contribution is -0.123. The summed E-state index contributed by atoms with van der Waals surface area (Å²) < 4.78 is 30.8. The summed E-state index contributed by atoms with van der Waals surface area (Å²) in [6.07, 6.45) is 0. The molecule has 1 aliphatic rings. The summed E-state index contributed by atoms with van der Waals surface area (Å²) in [6.45, 7) is 5.44. The van der Waals surface area contributed by atoms with Crippen molar-refractivity contribution in [3.63, 3.8) is 0 Å². The number of benzene rings is 3. The first-order valence-corrected chi connectivity index (χ1v) is 13.7. The number of halogens is 2. The molecule has 39 heavy (non-hydrogen) atoms. The van der Waals surface area contributed by atoms with E-state index in [1.807, 2.05) is 75.4 Å². The van der Waals surface area contributed by atoms with Crippen LogP contribution in [-0.4, -0.2) is 39.9 Å². The lowest BCUT2D eigenvalue weighted by Crippen LogP contribution is -2.44. The molecule has 0 radical (unpaired) electrons. The molecule has 6 nitrogen and oxygen atoms in total. The zero-order valence-corrected chi connectivity index (χ0v) is 22.6. The van der Waals surface area contributed by atoms with Crippen LogP contribution in [0.2, 0.25) is 0 Å². The first kappa shape index (κ1) is 26.6. The summed E-state index contributed by atoms with van der Waals surface area (Å²) >= 11 is 1.23. The van der Waals surface area contributed by atoms with E-state index in [4.69, 9.17) is 5.10 Å². The molecule has 200 valence electrons. The second-order valence-electron chi connectivity index (χ2n) is 9.76. The number of fused-ring (bicyclic) bond motifs is 1. The van der Waals surface area contributed by atoms with Crippen LogP contribution in [0.4, 0.5) is 14.6 Å². The van der Waals surface area contributed by atoms with Crippen molar-refractivity contribution in [2.45, 2.75) is 32.1 Å². The van der Waals surface area contributed by atoms with Gasteiger partial charge in [-0.05, 0) is 39.0 Å². The molecule has 0 saturated carbocycles. The minimum Gasteiger partial charge on any atom is -0.352 e. The molecular formula is C30H28F2N4O2S. The summed E-state index contributed by atoms with van der Waals surface area (Å²) in [4.78, 5) is 28.0. The summed E-state index contributed by atoms with van der Waals surface area (Å²) in [5.74, 6) is -1.64. The first-order chi connectivity index (χ1) is 18.7. The molecule has 2 heterocycles. The zero-order chi connectivity index (χ0) is 27.7. The molecule has 1 unspecified atom stereocenters. The van der Waals surface area contributed by atoms with Crippen LogP contribution in [0.3, 0.4) is 0 Å². The van der Waals surface area contributed by atoms with Gasteiger partial charge in [-0.2, -0.15) is 5.10 Å². The van der Waals surface area contributed by atoms with E-state index in [0.717, 1.165) is 17.2 Å². The third-order valence-corrected chi connectivity index (χ3v) is 7.65. The van der Waals surface area contributed by atoms with Gasteiger partial charge in [0, 0.05) is 28.8 Å². The van der Waals surface area contributed by atoms with Crippen molar-refractivity contribution in [3.05, 3.63) is 101 Å². The highest BCUT2D eigenvalue weighted by molar-refractivity contribution is 8.00. The standard InChI is InChI=1S/C30H28F2N4O2S/c1-18(2)33-25(37)16-35-26(38)17-39-29(23-14-11-21(31)15-24(23)32)27-28(20-7-5-4-6-8-20)34-36(30(27)35)22-12-9-19(3)10-13-22/h4-15,18,29H,16-17H2,1-3H3,(H,33,37). The summed E-state index contributed by atoms with van der Waals surface area (Å²) in [6, 6.07) is 20.4. The SMILES string of the molecule is Cc1ccc(-n2nc(-c3ccccc3)c3c2N(CC(=O)NC(C)C)C(=O)CSC3c2ccc(F)cc2F)cc1. The molecular weight excluding hydrogens is 518 g/mol. The number of thioether (sulfide) groups is 1. The minimum absolute atomic E-state index is 0.00670. The van der Waals surface area contributed by atoms with Crippen molar-refractivity contribution in [1.82, 2.24) is 15.1 Å². The number of aromatic nitrogens is 2. The molecule has 0 aliphatic carbocycles. The van der Waals surface area contributed by atoms with Gasteiger partial charge in [0.15, 0.2) is 0 Å². The van der Waals surface area contributed by atoms with Crippen LogP contribution in [0, 0.1) is 18.6 Å². The van der Waals surface area contributed by atoms with Crippen molar-refractivity contribution in [2.75, 3.05) is 17.2 Å². The molecule has 1 N–H and O–H groups in total. The molecule has 5 rings (SSSR count). The monoisotopic (exact) mass is 546 g/mol. The van der Waals surface area contributed by atoms with E-state index in [2.05, 4.69) is 5.32 Å². The van der Waals surface area contributed by atoms with E-state index in [-0.39, 0.29) is 35.7 Å². The lowest BCUT2D eigenvalue weighted by atomic mass is 9.99. The average Bonchev–Trinajstić information content (AvgIpc) is 3.22. The molecule has 0 spiro atoms. The Labute approximate surface area is 230 Å². The summed E-state index contributed by atoms with van der Waals surface area (Å²) in [7, 11) is 0. The maximum Gasteiger partial charge on any atom is 0.240 e. The Morgan fingerprint density at radius 3 is 2.46 bits per heavy atom. The second kappa shape index (κ2) is 11.0. The maximum absolute atomic E-state index is 15.3. The number of hydrogen-bond donors (Lipinski definition) is 1. The zero-order valence-electron chi connectivity index (χ0n) is 21.8. The quantitative estimate of drug-likeness (QED) is 0.331. The van der Waals surface area contributed by atoms with Gasteiger partial charge in [-0.1, -0.05) is 54.1 Å². The number of nitrogens with one attached hydrogen (secondary N) is 1. The summed E-state index contributed by atoms with van der Waals surface area (Å²) in [5, 5.41) is 7.13. The highest BCUT2D eigenvalue weighted by atomic mass is 32.2. The molecule has 2 amide bonds. The van der Waals surface area contributed by atoms with Crippen LogP contribution in [-0.2, 0) is 9.59 Å². The van der Waals surface area contributed by atoms with Crippen LogP contribution < -0.4 is 10.2 Å². The van der Waals surface area contributed by atoms with Crippen molar-refractivity contribution >= 4 is 29.4 Å². The van der Waals surface area contributed by atoms with Gasteiger partial charge < -0.3 is 5.32 Å². The third-order valence-electron chi connectivity index (χ3n) is 6.41. The Bertz CT molecular complexity index is 1520. The number of rotatable bonds is 6. The van der Waals surface area contributed by atoms with Crippen LogP contribution in [0.1, 0.15) is 35.8 Å². The largest absolute Gasteiger partial charge is 0.352 e. The molecule has 9 heteroatoms. The Hall–Kier alpha value is -3.98. The fraction of sp³-hybridized carbons (Fsp3) is 0.233. The number of carbonyl (C=O) groups excluding carboxylic acids is 2. The topological polar surface area (TPSA) is 67.2 Å². The van der Waals surface area contributed by atoms with Crippen LogP contribution in [0.15, 0.2) is 72.8 Å². The van der Waals surface area contributed by atoms with Crippen LogP contribution in [0.5, 0.6) is 0 Å². The van der Waals surface area contributed by atoms with Gasteiger partial charge in [-0.3, -0.25) is 14.5 Å². The fourth-order valence-electron chi connectivity index (χ4n) is 4.67. The average molecular weight is 547 g/mol. The van der Waals surface area contributed by atoms with Gasteiger partial charge >= 0.3 is 0 Å². The number of aryl methyl sites for hydroxylation is 1. The van der Waals surface area contributed by atoms with E-state index in [9.17, 15) is 14.0 Å². The van der Waals surface area contributed by atoms with Gasteiger partial charge in [0.25, 0.3) is 0 Å². The van der Waals surface area contributed by atoms with Gasteiger partial charge in [-0.15, -0.1) is 11.8 Å². The van der Waals surface area contributed by atoms with Crippen molar-refractivity contribution in [1.29, 1.82) is 0 Å². The molecule has 0 saturated heterocycles. The lowest BCUT2D eigenvalue weighted by Gasteiger charge is -2.24. The van der Waals surface area contributed by atoms with Crippen molar-refractivity contribution in [2.24, 2.45) is 0 Å². The predicted octanol–water partition coefficient (Wildman–Crippen LogP) is 5.82. The fourth-order valence-corrected chi connectivity index (χ4v) is 5.88. The number of nitrogens with zero attached hydrogens (tertiary/aromatic N) is 3. The van der Waals surface area contributed by atoms with Gasteiger partial charge in [0.2, 0.25) is 11.8 Å². The maximum atomic E-state index is 15.3. The smallest absolute Gasteiger partial charge is 0.240 e. The van der Waals surface area contributed by atoms with Gasteiger partial charge in [0.05, 0.1) is 22.4 Å². The van der Waals surface area contributed by atoms with Crippen molar-refractivity contribution in [3.8, 4) is 16.9 Å². The molecule has 1 aliphatic heterocycles. The number of carbonyl (C=O) groups is 2. The predicted molar refractivity (Wildman–Crippen MR) is 150 cm³/mol. The van der Waals surface area contributed by atoms with E-state index in [1.54, 1.807) is 4.68 Å². The van der Waals surface area contributed by atoms with Crippen molar-refractivity contribution < 1.29 is 18.4 Å². The third kappa shape index (κ3) is 5.45. The second-order valence-corrected chi connectivity index (χ2v) is 10.9. The van der Waals surface area contributed by atoms with Crippen LogP contribution >= 0.6 is 11.8 Å². The van der Waals surface area contributed by atoms with E-state index < -0.39 is 16.9 Å². The number of hydrogen-bond acceptors (Lipinski definition) is 4. The Morgan fingerprint density at radius 2 is 1.79 bits per heavy atom. The molecule has 1 aromatic heterocycles. The molecule has 1 atom stereocenters. The number of amides is 2. The molecule has 4 aromatic rings. The Morgan fingerprint density at radius 1 is 1.08 bits per heavy atom. The van der Waals surface area contributed by atoms with E-state index >= 15 is 4.39 Å². The normalized spacial score (nSPS) is 15.3. The van der Waals surface area contributed by atoms with E-state index in [1.165, 1.54) is 28.8 Å². The van der Waals surface area contributed by atoms with Gasteiger partial charge in [0.1, 0.15) is 24.0 Å². The molecule has 3 aromatic carbocycles. The highest BCUT2D eigenvalue weighted by Gasteiger charge is 2.38. The minimum atomic E-state index is -0.709. The highest BCUT2D eigenvalue weighted by Crippen LogP contribution is 2.49. The molecule has 0 fully saturated rings. The van der Waals surface area contributed by atoms with Crippen LogP contribution in [0.25, 0.3) is 16.9 Å². The van der Waals surface area contributed by atoms with Gasteiger partial charge in [-0.25, -0.2) is 13.5 Å². The number of anilines is 1. The Balaban J connectivity index is 1.81.